The zero-order valence-electron chi connectivity index (χ0n) is 9.78. The zero-order valence-corrected chi connectivity index (χ0v) is 9.78. The molecule has 0 fully saturated rings. The average molecular weight is 236 g/mol. The van der Waals surface area contributed by atoms with Gasteiger partial charge in [-0.25, -0.2) is 0 Å². The standard InChI is InChI=1S/C15H12N2O/c18-15-7-3-4-8-17(15)11-12-9-13-5-1-2-6-14(13)16-10-12/h1-10H,11H2. The minimum atomic E-state index is 0.00524. The maximum Gasteiger partial charge on any atom is 0.250 e. The van der Waals surface area contributed by atoms with E-state index in [1.54, 1.807) is 22.9 Å². The molecule has 18 heavy (non-hydrogen) atoms. The number of para-hydroxylation sites is 1. The summed E-state index contributed by atoms with van der Waals surface area (Å²) >= 11 is 0. The molecule has 3 nitrogen and oxygen atoms in total. The topological polar surface area (TPSA) is 34.9 Å². The molecule has 0 spiro atoms. The van der Waals surface area contributed by atoms with Crippen LogP contribution in [0.3, 0.4) is 0 Å². The van der Waals surface area contributed by atoms with Gasteiger partial charge in [-0.2, -0.15) is 0 Å². The Bertz CT molecular complexity index is 746. The number of pyridine rings is 2. The van der Waals surface area contributed by atoms with Crippen LogP contribution in [0.2, 0.25) is 0 Å². The number of nitrogens with zero attached hydrogens (tertiary/aromatic N) is 2. The predicted octanol–water partition coefficient (Wildman–Crippen LogP) is 2.44. The van der Waals surface area contributed by atoms with Crippen LogP contribution in [0.25, 0.3) is 10.9 Å². The Hall–Kier alpha value is -2.42. The molecule has 0 bridgehead atoms. The lowest BCUT2D eigenvalue weighted by molar-refractivity contribution is 0.758. The van der Waals surface area contributed by atoms with Crippen LogP contribution in [0.4, 0.5) is 0 Å². The van der Waals surface area contributed by atoms with Crippen molar-refractivity contribution < 1.29 is 0 Å². The van der Waals surface area contributed by atoms with Crippen molar-refractivity contribution in [3.05, 3.63) is 76.8 Å². The fourth-order valence-corrected chi connectivity index (χ4v) is 1.99. The van der Waals surface area contributed by atoms with E-state index in [1.807, 2.05) is 36.5 Å². The molecule has 0 N–H and O–H groups in total. The Balaban J connectivity index is 2.01. The molecule has 88 valence electrons. The van der Waals surface area contributed by atoms with Gasteiger partial charge < -0.3 is 4.57 Å². The summed E-state index contributed by atoms with van der Waals surface area (Å²) in [6.07, 6.45) is 3.61. The van der Waals surface area contributed by atoms with Crippen molar-refractivity contribution >= 4 is 10.9 Å². The first-order valence-electron chi connectivity index (χ1n) is 5.82. The molecule has 0 aliphatic carbocycles. The molecule has 0 aliphatic heterocycles. The monoisotopic (exact) mass is 236 g/mol. The number of hydrogen-bond donors (Lipinski definition) is 0. The van der Waals surface area contributed by atoms with Gasteiger partial charge in [-0.05, 0) is 23.8 Å². The Morgan fingerprint density at radius 3 is 2.78 bits per heavy atom. The third-order valence-electron chi connectivity index (χ3n) is 2.90. The highest BCUT2D eigenvalue weighted by atomic mass is 16.1. The zero-order chi connectivity index (χ0) is 12.4. The highest BCUT2D eigenvalue weighted by Crippen LogP contribution is 2.12. The minimum Gasteiger partial charge on any atom is -0.311 e. The van der Waals surface area contributed by atoms with E-state index in [2.05, 4.69) is 11.1 Å². The van der Waals surface area contributed by atoms with Gasteiger partial charge in [-0.3, -0.25) is 9.78 Å². The van der Waals surface area contributed by atoms with E-state index in [0.717, 1.165) is 16.5 Å². The Morgan fingerprint density at radius 2 is 1.89 bits per heavy atom. The van der Waals surface area contributed by atoms with Gasteiger partial charge in [0.25, 0.3) is 5.56 Å². The fraction of sp³-hybridized carbons (Fsp3) is 0.0667. The van der Waals surface area contributed by atoms with Crippen molar-refractivity contribution in [3.63, 3.8) is 0 Å². The smallest absolute Gasteiger partial charge is 0.250 e. The van der Waals surface area contributed by atoms with Crippen molar-refractivity contribution in [1.29, 1.82) is 0 Å². The van der Waals surface area contributed by atoms with Gasteiger partial charge in [-0.15, -0.1) is 0 Å². The van der Waals surface area contributed by atoms with Crippen LogP contribution in [0.5, 0.6) is 0 Å². The summed E-state index contributed by atoms with van der Waals surface area (Å²) in [5, 5.41) is 1.10. The number of fused-ring (bicyclic) bond motifs is 1. The molecular formula is C15H12N2O. The fourth-order valence-electron chi connectivity index (χ4n) is 1.99. The summed E-state index contributed by atoms with van der Waals surface area (Å²) < 4.78 is 1.67. The summed E-state index contributed by atoms with van der Waals surface area (Å²) in [7, 11) is 0. The van der Waals surface area contributed by atoms with Crippen molar-refractivity contribution in [3.8, 4) is 0 Å². The van der Waals surface area contributed by atoms with Gasteiger partial charge in [0, 0.05) is 23.8 Å². The third kappa shape index (κ3) is 2.02. The first-order chi connectivity index (χ1) is 8.83. The van der Waals surface area contributed by atoms with E-state index in [4.69, 9.17) is 0 Å². The van der Waals surface area contributed by atoms with Crippen LogP contribution >= 0.6 is 0 Å². The van der Waals surface area contributed by atoms with E-state index in [1.165, 1.54) is 0 Å². The predicted molar refractivity (Wildman–Crippen MR) is 71.5 cm³/mol. The summed E-state index contributed by atoms with van der Waals surface area (Å²) in [5.74, 6) is 0. The van der Waals surface area contributed by atoms with Gasteiger partial charge in [0.05, 0.1) is 12.1 Å². The van der Waals surface area contributed by atoms with E-state index in [-0.39, 0.29) is 5.56 Å². The van der Waals surface area contributed by atoms with Crippen LogP contribution in [-0.4, -0.2) is 9.55 Å². The normalized spacial score (nSPS) is 10.7. The van der Waals surface area contributed by atoms with Gasteiger partial charge in [0.15, 0.2) is 0 Å². The third-order valence-corrected chi connectivity index (χ3v) is 2.90. The molecule has 2 heterocycles. The highest BCUT2D eigenvalue weighted by Gasteiger charge is 1.99. The van der Waals surface area contributed by atoms with Crippen molar-refractivity contribution in [2.75, 3.05) is 0 Å². The Morgan fingerprint density at radius 1 is 1.06 bits per heavy atom. The lowest BCUT2D eigenvalue weighted by atomic mass is 10.1. The second-order valence-electron chi connectivity index (χ2n) is 4.20. The number of rotatable bonds is 2. The number of aromatic nitrogens is 2. The SMILES string of the molecule is O=c1ccccn1Cc1cnc2ccccc2c1. The van der Waals surface area contributed by atoms with E-state index in [9.17, 15) is 4.79 Å². The maximum atomic E-state index is 11.6. The Labute approximate surface area is 104 Å². The number of hydrogen-bond acceptors (Lipinski definition) is 2. The van der Waals surface area contributed by atoms with E-state index >= 15 is 0 Å². The first-order valence-corrected chi connectivity index (χ1v) is 5.82. The van der Waals surface area contributed by atoms with Gasteiger partial charge in [0.1, 0.15) is 0 Å². The second-order valence-corrected chi connectivity index (χ2v) is 4.20. The molecule has 0 saturated heterocycles. The molecule has 1 aromatic carbocycles. The van der Waals surface area contributed by atoms with E-state index in [0.29, 0.717) is 6.54 Å². The van der Waals surface area contributed by atoms with Gasteiger partial charge in [-0.1, -0.05) is 24.3 Å². The molecule has 3 heteroatoms. The summed E-state index contributed by atoms with van der Waals surface area (Å²) in [5.41, 5.74) is 2.01. The molecule has 3 rings (SSSR count). The quantitative estimate of drug-likeness (QED) is 0.685. The minimum absolute atomic E-state index is 0.00524. The molecule has 0 amide bonds. The highest BCUT2D eigenvalue weighted by molar-refractivity contribution is 5.78. The average Bonchev–Trinajstić information content (AvgIpc) is 2.41. The van der Waals surface area contributed by atoms with Crippen molar-refractivity contribution in [2.45, 2.75) is 6.54 Å². The molecular weight excluding hydrogens is 224 g/mol. The molecule has 0 aliphatic rings. The molecule has 0 radical (unpaired) electrons. The molecule has 3 aromatic rings. The van der Waals surface area contributed by atoms with Crippen LogP contribution in [0, 0.1) is 0 Å². The van der Waals surface area contributed by atoms with Crippen molar-refractivity contribution in [1.82, 2.24) is 9.55 Å². The largest absolute Gasteiger partial charge is 0.311 e. The molecule has 0 unspecified atom stereocenters. The van der Waals surface area contributed by atoms with Crippen LogP contribution in [-0.2, 0) is 6.54 Å². The van der Waals surface area contributed by atoms with Crippen LogP contribution in [0.1, 0.15) is 5.56 Å². The summed E-state index contributed by atoms with van der Waals surface area (Å²) in [4.78, 5) is 16.0. The number of benzene rings is 1. The summed E-state index contributed by atoms with van der Waals surface area (Å²) in [6, 6.07) is 15.2. The van der Waals surface area contributed by atoms with E-state index < -0.39 is 0 Å². The Kier molecular flexibility index (Phi) is 2.65. The second kappa shape index (κ2) is 4.45. The molecule has 2 aromatic heterocycles. The first kappa shape index (κ1) is 10.7. The summed E-state index contributed by atoms with van der Waals surface area (Å²) in [6.45, 7) is 0.553. The van der Waals surface area contributed by atoms with Crippen LogP contribution in [0.15, 0.2) is 65.7 Å². The lowest BCUT2D eigenvalue weighted by Crippen LogP contribution is -2.18. The lowest BCUT2D eigenvalue weighted by Gasteiger charge is -2.05. The maximum absolute atomic E-state index is 11.6. The molecule has 0 atom stereocenters. The van der Waals surface area contributed by atoms with Gasteiger partial charge in [0.2, 0.25) is 0 Å². The van der Waals surface area contributed by atoms with Crippen molar-refractivity contribution in [2.24, 2.45) is 0 Å². The van der Waals surface area contributed by atoms with Gasteiger partial charge >= 0.3 is 0 Å². The van der Waals surface area contributed by atoms with Crippen LogP contribution < -0.4 is 5.56 Å². The molecule has 0 saturated carbocycles.